The third-order valence-corrected chi connectivity index (χ3v) is 5.73. The Bertz CT molecular complexity index is 1310. The van der Waals surface area contributed by atoms with Gasteiger partial charge in [-0.25, -0.2) is 0 Å². The first-order valence-electron chi connectivity index (χ1n) is 9.90. The molecule has 3 aromatic carbocycles. The number of nitro groups is 1. The van der Waals surface area contributed by atoms with Gasteiger partial charge in [-0.05, 0) is 55.0 Å². The summed E-state index contributed by atoms with van der Waals surface area (Å²) in [6.07, 6.45) is 0. The van der Waals surface area contributed by atoms with Gasteiger partial charge in [0, 0.05) is 29.1 Å². The molecule has 4 rings (SSSR count). The quantitative estimate of drug-likeness (QED) is 0.234. The third kappa shape index (κ3) is 5.01. The number of hydrogen-bond donors (Lipinski definition) is 2. The number of carbonyl (C=O) groups is 1. The van der Waals surface area contributed by atoms with E-state index in [9.17, 15) is 20.0 Å². The monoisotopic (exact) mass is 461 g/mol. The Morgan fingerprint density at radius 2 is 1.82 bits per heavy atom. The third-order valence-electron chi connectivity index (χ3n) is 4.80. The van der Waals surface area contributed by atoms with Crippen LogP contribution in [-0.2, 0) is 4.79 Å². The topological polar surface area (TPSA) is 123 Å². The zero-order valence-corrected chi connectivity index (χ0v) is 18.3. The number of aromatic hydroxyl groups is 1. The van der Waals surface area contributed by atoms with Crippen LogP contribution in [0.3, 0.4) is 0 Å². The number of aromatic nitrogens is 3. The summed E-state index contributed by atoms with van der Waals surface area (Å²) in [6.45, 7) is 1.70. The van der Waals surface area contributed by atoms with Crippen LogP contribution in [0.4, 0.5) is 11.4 Å². The molecule has 0 aliphatic rings. The van der Waals surface area contributed by atoms with Crippen molar-refractivity contribution in [3.8, 4) is 22.8 Å². The van der Waals surface area contributed by atoms with Crippen LogP contribution in [0.5, 0.6) is 5.75 Å². The summed E-state index contributed by atoms with van der Waals surface area (Å²) in [4.78, 5) is 23.0. The van der Waals surface area contributed by atoms with Crippen LogP contribution in [0.15, 0.2) is 78.0 Å². The Hall–Kier alpha value is -4.18. The normalized spacial score (nSPS) is 10.7. The number of nitrogens with one attached hydrogen (secondary N) is 1. The van der Waals surface area contributed by atoms with Crippen molar-refractivity contribution in [2.45, 2.75) is 12.1 Å². The van der Waals surface area contributed by atoms with Crippen molar-refractivity contribution < 1.29 is 14.8 Å². The van der Waals surface area contributed by atoms with E-state index < -0.39 is 4.92 Å². The number of phenols is 1. The molecular formula is C23H19N5O4S. The number of carbonyl (C=O) groups excluding carboxylic acids is 1. The molecule has 0 spiro atoms. The second-order valence-corrected chi connectivity index (χ2v) is 8.06. The molecule has 0 aliphatic carbocycles. The fourth-order valence-corrected chi connectivity index (χ4v) is 3.94. The lowest BCUT2D eigenvalue weighted by molar-refractivity contribution is -0.384. The van der Waals surface area contributed by atoms with Gasteiger partial charge in [0.05, 0.1) is 10.7 Å². The molecule has 0 bridgehead atoms. The van der Waals surface area contributed by atoms with E-state index in [0.29, 0.717) is 22.2 Å². The molecule has 1 aromatic heterocycles. The van der Waals surface area contributed by atoms with Crippen LogP contribution < -0.4 is 5.32 Å². The van der Waals surface area contributed by atoms with E-state index in [1.54, 1.807) is 31.2 Å². The Morgan fingerprint density at radius 1 is 1.09 bits per heavy atom. The maximum Gasteiger partial charge on any atom is 0.269 e. The van der Waals surface area contributed by atoms with Gasteiger partial charge in [0.15, 0.2) is 11.0 Å². The number of aryl methyl sites for hydroxylation is 1. The lowest BCUT2D eigenvalue weighted by Gasteiger charge is -2.11. The molecule has 0 aliphatic heterocycles. The minimum atomic E-state index is -0.476. The van der Waals surface area contributed by atoms with Gasteiger partial charge in [-0.2, -0.15) is 0 Å². The van der Waals surface area contributed by atoms with Crippen LogP contribution in [0.2, 0.25) is 0 Å². The van der Waals surface area contributed by atoms with E-state index in [4.69, 9.17) is 0 Å². The Balaban J connectivity index is 1.55. The first-order valence-corrected chi connectivity index (χ1v) is 10.9. The largest absolute Gasteiger partial charge is 0.508 e. The Morgan fingerprint density at radius 3 is 2.48 bits per heavy atom. The molecule has 4 aromatic rings. The van der Waals surface area contributed by atoms with Gasteiger partial charge in [-0.1, -0.05) is 30.0 Å². The molecule has 33 heavy (non-hydrogen) atoms. The van der Waals surface area contributed by atoms with Crippen LogP contribution in [0.1, 0.15) is 5.56 Å². The SMILES string of the molecule is Cc1cc([N+](=O)[O-])ccc1NC(=O)CSc1nnc(-c2ccc(O)cc2)n1-c1ccccc1. The van der Waals surface area contributed by atoms with Crippen molar-refractivity contribution in [1.82, 2.24) is 14.8 Å². The van der Waals surface area contributed by atoms with Gasteiger partial charge in [0.1, 0.15) is 5.75 Å². The number of nitro benzene ring substituents is 1. The number of rotatable bonds is 7. The number of para-hydroxylation sites is 1. The van der Waals surface area contributed by atoms with Crippen molar-refractivity contribution >= 4 is 29.0 Å². The molecule has 10 heteroatoms. The van der Waals surface area contributed by atoms with E-state index in [1.807, 2.05) is 34.9 Å². The molecule has 166 valence electrons. The molecule has 1 heterocycles. The zero-order valence-electron chi connectivity index (χ0n) is 17.5. The van der Waals surface area contributed by atoms with Gasteiger partial charge >= 0.3 is 0 Å². The van der Waals surface area contributed by atoms with Gasteiger partial charge in [0.2, 0.25) is 5.91 Å². The van der Waals surface area contributed by atoms with Crippen molar-refractivity contribution in [2.24, 2.45) is 0 Å². The smallest absolute Gasteiger partial charge is 0.269 e. The van der Waals surface area contributed by atoms with E-state index in [-0.39, 0.29) is 23.1 Å². The van der Waals surface area contributed by atoms with E-state index >= 15 is 0 Å². The number of amides is 1. The minimum absolute atomic E-state index is 0.0300. The van der Waals surface area contributed by atoms with Gasteiger partial charge < -0.3 is 10.4 Å². The highest BCUT2D eigenvalue weighted by Crippen LogP contribution is 2.29. The molecule has 0 atom stereocenters. The first-order chi connectivity index (χ1) is 15.9. The number of phenolic OH excluding ortho intramolecular Hbond substituents is 1. The lowest BCUT2D eigenvalue weighted by atomic mass is 10.2. The maximum atomic E-state index is 12.6. The fraction of sp³-hybridized carbons (Fsp3) is 0.0870. The summed E-state index contributed by atoms with van der Waals surface area (Å²) in [6, 6.07) is 20.5. The van der Waals surface area contributed by atoms with Crippen LogP contribution in [0, 0.1) is 17.0 Å². The summed E-state index contributed by atoms with van der Waals surface area (Å²) in [5.74, 6) is 0.523. The second kappa shape index (κ2) is 9.53. The Labute approximate surface area is 193 Å². The highest BCUT2D eigenvalue weighted by molar-refractivity contribution is 7.99. The highest BCUT2D eigenvalue weighted by atomic mass is 32.2. The number of non-ortho nitro benzene ring substituents is 1. The van der Waals surface area contributed by atoms with Crippen LogP contribution in [0.25, 0.3) is 17.1 Å². The highest BCUT2D eigenvalue weighted by Gasteiger charge is 2.18. The van der Waals surface area contributed by atoms with Crippen molar-refractivity contribution in [2.75, 3.05) is 11.1 Å². The van der Waals surface area contributed by atoms with Crippen molar-refractivity contribution in [1.29, 1.82) is 0 Å². The summed E-state index contributed by atoms with van der Waals surface area (Å²) >= 11 is 1.22. The number of nitrogens with zero attached hydrogens (tertiary/aromatic N) is 4. The van der Waals surface area contributed by atoms with Crippen molar-refractivity contribution in [3.05, 3.63) is 88.5 Å². The molecule has 9 nitrogen and oxygen atoms in total. The maximum absolute atomic E-state index is 12.6. The molecule has 0 fully saturated rings. The molecule has 1 amide bonds. The summed E-state index contributed by atoms with van der Waals surface area (Å²) in [7, 11) is 0. The average Bonchev–Trinajstić information content (AvgIpc) is 3.24. The fourth-order valence-electron chi connectivity index (χ4n) is 3.19. The number of thioether (sulfide) groups is 1. The number of benzene rings is 3. The predicted molar refractivity (Wildman–Crippen MR) is 126 cm³/mol. The van der Waals surface area contributed by atoms with Crippen molar-refractivity contribution in [3.63, 3.8) is 0 Å². The first kappa shape index (κ1) is 22.0. The minimum Gasteiger partial charge on any atom is -0.508 e. The van der Waals surface area contributed by atoms with E-state index in [2.05, 4.69) is 15.5 Å². The lowest BCUT2D eigenvalue weighted by Crippen LogP contribution is -2.15. The van der Waals surface area contributed by atoms with Gasteiger partial charge in [0.25, 0.3) is 5.69 Å². The van der Waals surface area contributed by atoms with E-state index in [1.165, 1.54) is 30.0 Å². The molecular weight excluding hydrogens is 442 g/mol. The van der Waals surface area contributed by atoms with E-state index in [0.717, 1.165) is 11.3 Å². The zero-order chi connectivity index (χ0) is 23.4. The van der Waals surface area contributed by atoms with Crippen LogP contribution in [-0.4, -0.2) is 36.5 Å². The predicted octanol–water partition coefficient (Wildman–Crippen LogP) is 4.59. The number of hydrogen-bond acceptors (Lipinski definition) is 7. The summed E-state index contributed by atoms with van der Waals surface area (Å²) in [5.41, 5.74) is 2.68. The van der Waals surface area contributed by atoms with Gasteiger partial charge in [-0.3, -0.25) is 19.5 Å². The molecule has 0 saturated heterocycles. The van der Waals surface area contributed by atoms with Crippen LogP contribution >= 0.6 is 11.8 Å². The van der Waals surface area contributed by atoms with Gasteiger partial charge in [-0.15, -0.1) is 10.2 Å². The summed E-state index contributed by atoms with van der Waals surface area (Å²) in [5, 5.41) is 32.4. The summed E-state index contributed by atoms with van der Waals surface area (Å²) < 4.78 is 1.85. The average molecular weight is 462 g/mol. The number of anilines is 1. The Kier molecular flexibility index (Phi) is 6.36. The molecule has 0 radical (unpaired) electrons. The molecule has 0 saturated carbocycles. The molecule has 0 unspecified atom stereocenters. The second-order valence-electron chi connectivity index (χ2n) is 7.12. The molecule has 2 N–H and O–H groups in total. The standard InChI is InChI=1S/C23H19N5O4S/c1-15-13-18(28(31)32)9-12-20(15)24-21(30)14-33-23-26-25-22(16-7-10-19(29)11-8-16)27(23)17-5-3-2-4-6-17/h2-13,29H,14H2,1H3,(H,24,30).